The average molecular weight is 562 g/mol. The highest BCUT2D eigenvalue weighted by Gasteiger charge is 2.28. The second-order valence-electron chi connectivity index (χ2n) is 9.31. The van der Waals surface area contributed by atoms with E-state index in [1.165, 1.54) is 43.9 Å². The van der Waals surface area contributed by atoms with Gasteiger partial charge in [0.05, 0.1) is 30.9 Å². The summed E-state index contributed by atoms with van der Waals surface area (Å²) in [5.74, 6) is -0.651. The molecule has 212 valence electrons. The Balaban J connectivity index is 2.62. The van der Waals surface area contributed by atoms with Crippen LogP contribution in [0.3, 0.4) is 0 Å². The van der Waals surface area contributed by atoms with Gasteiger partial charge >= 0.3 is 5.97 Å². The van der Waals surface area contributed by atoms with E-state index >= 15 is 0 Å². The van der Waals surface area contributed by atoms with Gasteiger partial charge in [-0.25, -0.2) is 16.8 Å². The maximum Gasteiger partial charge on any atom is 0.303 e. The highest BCUT2D eigenvalue weighted by molar-refractivity contribution is 8.09. The second kappa shape index (κ2) is 16.7. The fourth-order valence-electron chi connectivity index (χ4n) is 3.92. The molecular weight excluding hydrogens is 518 g/mol. The lowest BCUT2D eigenvalue weighted by Crippen LogP contribution is -2.35. The molecule has 0 fully saturated rings. The number of sulfonamides is 2. The van der Waals surface area contributed by atoms with Crippen molar-refractivity contribution in [1.29, 1.82) is 0 Å². The van der Waals surface area contributed by atoms with Gasteiger partial charge in [0.1, 0.15) is 5.75 Å². The van der Waals surface area contributed by atoms with Crippen molar-refractivity contribution in [3.05, 3.63) is 35.9 Å². The minimum Gasteiger partial charge on any atom is -0.493 e. The second-order valence-corrected chi connectivity index (χ2v) is 13.2. The first-order valence-corrected chi connectivity index (χ1v) is 16.6. The maximum absolute atomic E-state index is 12.1. The minimum atomic E-state index is -4.12. The highest BCUT2D eigenvalue weighted by Crippen LogP contribution is 2.29. The van der Waals surface area contributed by atoms with Crippen molar-refractivity contribution in [3.63, 3.8) is 0 Å². The average Bonchev–Trinajstić information content (AvgIpc) is 2.78. The number of hydrogen-bond acceptors (Lipinski definition) is 7. The SMILES string of the molecule is CCCCCCCCC(O)/C=C/CCCCOc1ccc(N(S(C)(=O)=O)S(C)(=O)=O)cc1CCC(=O)O. The van der Waals surface area contributed by atoms with Crippen LogP contribution in [-0.4, -0.2) is 58.2 Å². The van der Waals surface area contributed by atoms with Gasteiger partial charge in [-0.15, -0.1) is 0 Å². The molecule has 0 heterocycles. The summed E-state index contributed by atoms with van der Waals surface area (Å²) < 4.78 is 54.5. The van der Waals surface area contributed by atoms with Crippen LogP contribution in [0.1, 0.15) is 83.1 Å². The predicted octanol–water partition coefficient (Wildman–Crippen LogP) is 4.65. The number of aliphatic hydroxyl groups excluding tert-OH is 1. The number of unbranched alkanes of at least 4 members (excludes halogenated alkanes) is 7. The molecule has 0 aromatic heterocycles. The standard InChI is InChI=1S/C26H43NO8S2/c1-4-5-6-7-8-11-14-24(28)15-12-9-10-13-20-35-25-18-17-23(21-22(25)16-19-26(29)30)27(36(2,31)32)37(3,33)34/h12,15,17-18,21,24,28H,4-11,13-14,16,19-20H2,1-3H3,(H,29,30)/b15-12+. The zero-order valence-corrected chi connectivity index (χ0v) is 23.9. The molecule has 0 aliphatic carbocycles. The minimum absolute atomic E-state index is 0.0547. The van der Waals surface area contributed by atoms with Crippen molar-refractivity contribution in [2.45, 2.75) is 90.1 Å². The van der Waals surface area contributed by atoms with E-state index in [2.05, 4.69) is 6.92 Å². The van der Waals surface area contributed by atoms with E-state index in [-0.39, 0.29) is 18.5 Å². The summed E-state index contributed by atoms with van der Waals surface area (Å²) in [7, 11) is -8.24. The molecule has 0 saturated carbocycles. The lowest BCUT2D eigenvalue weighted by atomic mass is 10.1. The topological polar surface area (TPSA) is 138 Å². The number of aliphatic carboxylic acids is 1. The Morgan fingerprint density at radius 3 is 2.27 bits per heavy atom. The number of carboxylic acid groups (broad SMARTS) is 1. The van der Waals surface area contributed by atoms with Crippen LogP contribution in [0.15, 0.2) is 30.4 Å². The molecule has 0 aliphatic rings. The fraction of sp³-hybridized carbons (Fsp3) is 0.654. The lowest BCUT2D eigenvalue weighted by molar-refractivity contribution is -0.136. The number of carbonyl (C=O) groups is 1. The molecule has 1 rings (SSSR count). The van der Waals surface area contributed by atoms with Crippen molar-refractivity contribution in [1.82, 2.24) is 0 Å². The van der Waals surface area contributed by atoms with Gasteiger partial charge in [0.2, 0.25) is 20.0 Å². The molecular formula is C26H43NO8S2. The first kappa shape index (κ1) is 32.9. The summed E-state index contributed by atoms with van der Waals surface area (Å²) >= 11 is 0. The highest BCUT2D eigenvalue weighted by atomic mass is 32.3. The van der Waals surface area contributed by atoms with E-state index in [9.17, 15) is 26.7 Å². The van der Waals surface area contributed by atoms with Crippen LogP contribution in [0.4, 0.5) is 5.69 Å². The van der Waals surface area contributed by atoms with Crippen LogP contribution >= 0.6 is 0 Å². The van der Waals surface area contributed by atoms with E-state index in [4.69, 9.17) is 9.84 Å². The Kier molecular flexibility index (Phi) is 14.8. The van der Waals surface area contributed by atoms with E-state index in [1.807, 2.05) is 12.2 Å². The zero-order chi connectivity index (χ0) is 27.9. The molecule has 0 bridgehead atoms. The number of aliphatic hydroxyl groups is 1. The fourth-order valence-corrected chi connectivity index (χ4v) is 6.88. The number of allylic oxidation sites excluding steroid dienone is 1. The first-order chi connectivity index (χ1) is 17.4. The maximum atomic E-state index is 12.1. The quantitative estimate of drug-likeness (QED) is 0.173. The van der Waals surface area contributed by atoms with Gasteiger partial charge in [-0.2, -0.15) is 3.71 Å². The third-order valence-corrected chi connectivity index (χ3v) is 8.95. The van der Waals surface area contributed by atoms with Gasteiger partial charge in [-0.3, -0.25) is 4.79 Å². The monoisotopic (exact) mass is 561 g/mol. The third kappa shape index (κ3) is 13.8. The van der Waals surface area contributed by atoms with Gasteiger partial charge in [0, 0.05) is 6.42 Å². The van der Waals surface area contributed by atoms with Crippen molar-refractivity contribution < 1.29 is 36.6 Å². The molecule has 1 aromatic carbocycles. The van der Waals surface area contributed by atoms with Crippen LogP contribution in [-0.2, 0) is 31.3 Å². The Bertz CT molecular complexity index is 1040. The van der Waals surface area contributed by atoms with Crippen LogP contribution in [0.25, 0.3) is 0 Å². The predicted molar refractivity (Wildman–Crippen MR) is 147 cm³/mol. The molecule has 0 aliphatic heterocycles. The summed E-state index contributed by atoms with van der Waals surface area (Å²) in [6.07, 6.45) is 15.1. The van der Waals surface area contributed by atoms with Gasteiger partial charge in [-0.1, -0.05) is 57.6 Å². The van der Waals surface area contributed by atoms with Crippen molar-refractivity contribution in [2.75, 3.05) is 22.8 Å². The van der Waals surface area contributed by atoms with Gasteiger partial charge in [0.25, 0.3) is 0 Å². The number of anilines is 1. The third-order valence-electron chi connectivity index (χ3n) is 5.70. The molecule has 37 heavy (non-hydrogen) atoms. The van der Waals surface area contributed by atoms with Gasteiger partial charge in [0.15, 0.2) is 0 Å². The Labute approximate surface area is 222 Å². The van der Waals surface area contributed by atoms with Crippen molar-refractivity contribution in [3.8, 4) is 5.75 Å². The number of hydrogen-bond donors (Lipinski definition) is 2. The van der Waals surface area contributed by atoms with Gasteiger partial charge in [-0.05, 0) is 55.9 Å². The summed E-state index contributed by atoms with van der Waals surface area (Å²) in [6.45, 7) is 2.55. The number of nitrogens with zero attached hydrogens (tertiary/aromatic N) is 1. The number of benzene rings is 1. The summed E-state index contributed by atoms with van der Waals surface area (Å²) in [4.78, 5) is 11.1. The van der Waals surface area contributed by atoms with E-state index in [0.29, 0.717) is 21.6 Å². The Morgan fingerprint density at radius 1 is 1.00 bits per heavy atom. The van der Waals surface area contributed by atoms with Crippen molar-refractivity contribution >= 4 is 31.7 Å². The molecule has 0 spiro atoms. The summed E-state index contributed by atoms with van der Waals surface area (Å²) in [6, 6.07) is 4.14. The van der Waals surface area contributed by atoms with Crippen LogP contribution in [0, 0.1) is 0 Å². The number of aryl methyl sites for hydroxylation is 1. The number of carboxylic acids is 1. The number of ether oxygens (including phenoxy) is 1. The van der Waals surface area contributed by atoms with Crippen LogP contribution < -0.4 is 8.45 Å². The molecule has 0 saturated heterocycles. The summed E-state index contributed by atoms with van der Waals surface area (Å²) in [5, 5.41) is 19.1. The molecule has 11 heteroatoms. The normalized spacial score (nSPS) is 13.1. The largest absolute Gasteiger partial charge is 0.493 e. The zero-order valence-electron chi connectivity index (χ0n) is 22.3. The first-order valence-electron chi connectivity index (χ1n) is 12.9. The van der Waals surface area contributed by atoms with Crippen LogP contribution in [0.2, 0.25) is 0 Å². The lowest BCUT2D eigenvalue weighted by Gasteiger charge is -2.21. The molecule has 2 N–H and O–H groups in total. The molecule has 9 nitrogen and oxygen atoms in total. The van der Waals surface area contributed by atoms with Crippen LogP contribution in [0.5, 0.6) is 5.75 Å². The molecule has 1 unspecified atom stereocenters. The van der Waals surface area contributed by atoms with Gasteiger partial charge < -0.3 is 14.9 Å². The molecule has 0 radical (unpaired) electrons. The smallest absolute Gasteiger partial charge is 0.303 e. The summed E-state index contributed by atoms with van der Waals surface area (Å²) in [5.41, 5.74) is 0.317. The molecule has 1 aromatic rings. The van der Waals surface area contributed by atoms with E-state index < -0.39 is 32.1 Å². The van der Waals surface area contributed by atoms with Crippen molar-refractivity contribution in [2.24, 2.45) is 0 Å². The van der Waals surface area contributed by atoms with E-state index in [0.717, 1.165) is 51.0 Å². The van der Waals surface area contributed by atoms with E-state index in [1.54, 1.807) is 0 Å². The molecule has 1 atom stereocenters. The molecule has 0 amide bonds. The Hall–Kier alpha value is -2.11. The number of rotatable bonds is 20. The Morgan fingerprint density at radius 2 is 1.65 bits per heavy atom.